The summed E-state index contributed by atoms with van der Waals surface area (Å²) in [6.45, 7) is 3.35. The number of carboxylic acids is 1. The number of nitrogens with one attached hydrogen (secondary N) is 1. The van der Waals surface area contributed by atoms with Gasteiger partial charge in [-0.2, -0.15) is 0 Å². The minimum Gasteiger partial charge on any atom is -0.481 e. The summed E-state index contributed by atoms with van der Waals surface area (Å²) in [5, 5.41) is 14.0. The molecule has 0 aromatic heterocycles. The zero-order chi connectivity index (χ0) is 25.0. The molecule has 0 fully saturated rings. The van der Waals surface area contributed by atoms with Gasteiger partial charge in [0.1, 0.15) is 0 Å². The van der Waals surface area contributed by atoms with Crippen molar-refractivity contribution in [1.82, 2.24) is 4.90 Å². The monoisotopic (exact) mass is 480 g/mol. The van der Waals surface area contributed by atoms with Crippen LogP contribution >= 0.6 is 0 Å². The second kappa shape index (κ2) is 13.9. The summed E-state index contributed by atoms with van der Waals surface area (Å²) in [6, 6.07) is 9.35. The summed E-state index contributed by atoms with van der Waals surface area (Å²) < 4.78 is 0. The fourth-order valence-electron chi connectivity index (χ4n) is 4.89. The highest BCUT2D eigenvalue weighted by Crippen LogP contribution is 2.34. The lowest BCUT2D eigenvalue weighted by atomic mass is 9.92. The fraction of sp³-hybridized carbons (Fsp3) is 0.552. The number of unbranched alkanes of at least 4 members (excludes halogenated alkanes) is 10. The molecule has 0 spiro atoms. The average Bonchev–Trinajstić information content (AvgIpc) is 2.85. The van der Waals surface area contributed by atoms with Crippen molar-refractivity contribution in [2.75, 3.05) is 18.4 Å². The molecule has 2 aromatic rings. The number of carboxylic acid groups (broad SMARTS) is 1. The van der Waals surface area contributed by atoms with Crippen molar-refractivity contribution >= 4 is 34.2 Å². The third kappa shape index (κ3) is 7.30. The Hall–Kier alpha value is -2.89. The predicted octanol–water partition coefficient (Wildman–Crippen LogP) is 7.02. The van der Waals surface area contributed by atoms with E-state index in [-0.39, 0.29) is 24.8 Å². The number of carbonyl (C=O) groups excluding carboxylic acids is 2. The first-order chi connectivity index (χ1) is 17.0. The quantitative estimate of drug-likeness (QED) is 0.188. The van der Waals surface area contributed by atoms with E-state index in [9.17, 15) is 14.4 Å². The molecule has 190 valence electrons. The maximum atomic E-state index is 13.1. The van der Waals surface area contributed by atoms with Gasteiger partial charge in [0, 0.05) is 47.1 Å². The van der Waals surface area contributed by atoms with Gasteiger partial charge in [0.15, 0.2) is 0 Å². The highest BCUT2D eigenvalue weighted by Gasteiger charge is 2.32. The van der Waals surface area contributed by atoms with Crippen LogP contribution in [0, 0.1) is 0 Å². The minimum absolute atomic E-state index is 0.0382. The number of hydrogen-bond donors (Lipinski definition) is 2. The molecule has 0 unspecified atom stereocenters. The van der Waals surface area contributed by atoms with E-state index >= 15 is 0 Å². The van der Waals surface area contributed by atoms with Gasteiger partial charge in [-0.15, -0.1) is 0 Å². The third-order valence-electron chi connectivity index (χ3n) is 6.86. The Bertz CT molecular complexity index is 995. The molecular formula is C29H40N2O4. The van der Waals surface area contributed by atoms with Crippen molar-refractivity contribution in [1.29, 1.82) is 0 Å². The molecule has 1 aliphatic rings. The number of carbonyl (C=O) groups is 3. The Morgan fingerprint density at radius 2 is 1.43 bits per heavy atom. The van der Waals surface area contributed by atoms with E-state index < -0.39 is 5.97 Å². The number of anilines is 1. The molecule has 0 atom stereocenters. The largest absolute Gasteiger partial charge is 0.481 e. The summed E-state index contributed by atoms with van der Waals surface area (Å²) >= 11 is 0. The van der Waals surface area contributed by atoms with Gasteiger partial charge in [-0.05, 0) is 37.5 Å². The molecular weight excluding hydrogens is 440 g/mol. The van der Waals surface area contributed by atoms with E-state index in [4.69, 9.17) is 5.11 Å². The molecule has 2 aromatic carbocycles. The van der Waals surface area contributed by atoms with Crippen LogP contribution in [0.5, 0.6) is 0 Å². The van der Waals surface area contributed by atoms with Crippen molar-refractivity contribution in [2.24, 2.45) is 0 Å². The molecule has 35 heavy (non-hydrogen) atoms. The van der Waals surface area contributed by atoms with E-state index in [1.807, 2.05) is 24.3 Å². The predicted molar refractivity (Wildman–Crippen MR) is 141 cm³/mol. The summed E-state index contributed by atoms with van der Waals surface area (Å²) in [7, 11) is 0. The number of hydrogen-bond acceptors (Lipinski definition) is 4. The zero-order valence-corrected chi connectivity index (χ0v) is 21.1. The van der Waals surface area contributed by atoms with Crippen LogP contribution in [0.25, 0.3) is 10.8 Å². The molecule has 2 amide bonds. The normalized spacial score (nSPS) is 13.0. The van der Waals surface area contributed by atoms with Crippen LogP contribution in [0.15, 0.2) is 30.3 Å². The van der Waals surface area contributed by atoms with Gasteiger partial charge in [-0.3, -0.25) is 19.3 Å². The van der Waals surface area contributed by atoms with Crippen LogP contribution in [0.4, 0.5) is 5.69 Å². The van der Waals surface area contributed by atoms with Crippen molar-refractivity contribution in [3.8, 4) is 0 Å². The van der Waals surface area contributed by atoms with Crippen LogP contribution in [0.1, 0.15) is 111 Å². The van der Waals surface area contributed by atoms with Gasteiger partial charge in [0.25, 0.3) is 11.8 Å². The summed E-state index contributed by atoms with van der Waals surface area (Å²) in [5.74, 6) is -1.46. The van der Waals surface area contributed by atoms with Gasteiger partial charge in [-0.1, -0.05) is 76.8 Å². The number of amides is 2. The molecule has 0 saturated carbocycles. The second-order valence-electron chi connectivity index (χ2n) is 9.61. The van der Waals surface area contributed by atoms with Crippen LogP contribution in [0.2, 0.25) is 0 Å². The molecule has 0 radical (unpaired) electrons. The Morgan fingerprint density at radius 1 is 0.800 bits per heavy atom. The van der Waals surface area contributed by atoms with E-state index in [2.05, 4.69) is 12.2 Å². The molecule has 6 nitrogen and oxygen atoms in total. The lowest BCUT2D eigenvalue weighted by Crippen LogP contribution is -2.40. The number of rotatable bonds is 17. The maximum Gasteiger partial charge on any atom is 0.303 e. The van der Waals surface area contributed by atoms with Crippen LogP contribution in [-0.4, -0.2) is 40.9 Å². The highest BCUT2D eigenvalue weighted by molar-refractivity contribution is 6.26. The highest BCUT2D eigenvalue weighted by atomic mass is 16.4. The molecule has 0 bridgehead atoms. The van der Waals surface area contributed by atoms with Gasteiger partial charge in [0.2, 0.25) is 0 Å². The second-order valence-corrected chi connectivity index (χ2v) is 9.61. The molecule has 0 saturated heterocycles. The molecule has 1 aliphatic heterocycles. The zero-order valence-electron chi connectivity index (χ0n) is 21.1. The number of imide groups is 1. The van der Waals surface area contributed by atoms with Crippen LogP contribution < -0.4 is 5.32 Å². The van der Waals surface area contributed by atoms with Crippen molar-refractivity contribution in [3.63, 3.8) is 0 Å². The van der Waals surface area contributed by atoms with Crippen molar-refractivity contribution in [3.05, 3.63) is 41.5 Å². The topological polar surface area (TPSA) is 86.7 Å². The minimum atomic E-state index is -0.866. The number of aliphatic carboxylic acids is 1. The summed E-state index contributed by atoms with van der Waals surface area (Å²) in [5.41, 5.74) is 2.04. The Labute approximate surface area is 209 Å². The first kappa shape index (κ1) is 26.7. The Kier molecular flexibility index (Phi) is 10.6. The van der Waals surface area contributed by atoms with Crippen molar-refractivity contribution < 1.29 is 19.5 Å². The van der Waals surface area contributed by atoms with E-state index in [1.165, 1.54) is 62.7 Å². The van der Waals surface area contributed by atoms with Crippen LogP contribution in [0.3, 0.4) is 0 Å². The number of nitrogens with zero attached hydrogens (tertiary/aromatic N) is 1. The van der Waals surface area contributed by atoms with Crippen LogP contribution in [-0.2, 0) is 4.79 Å². The van der Waals surface area contributed by atoms with Crippen molar-refractivity contribution in [2.45, 2.75) is 90.4 Å². The van der Waals surface area contributed by atoms with E-state index in [0.717, 1.165) is 29.4 Å². The standard InChI is InChI=1S/C29H40N2O4/c1-2-3-4-5-6-7-8-9-10-12-20-30-25-19-18-24-27-22(25)15-14-16-23(27)28(34)31(29(24)35)21-13-11-17-26(32)33/h14-16,18-19,30H,2-13,17,20-21H2,1H3,(H,32,33). The lowest BCUT2D eigenvalue weighted by molar-refractivity contribution is -0.137. The van der Waals surface area contributed by atoms with Gasteiger partial charge >= 0.3 is 5.97 Å². The Morgan fingerprint density at radius 3 is 2.09 bits per heavy atom. The first-order valence-electron chi connectivity index (χ1n) is 13.4. The molecule has 6 heteroatoms. The first-order valence-corrected chi connectivity index (χ1v) is 13.4. The fourth-order valence-corrected chi connectivity index (χ4v) is 4.89. The SMILES string of the molecule is CCCCCCCCCCCCNc1ccc2c3c(cccc13)C(=O)N(CCCCC(=O)O)C2=O. The van der Waals surface area contributed by atoms with Gasteiger partial charge in [0.05, 0.1) is 0 Å². The summed E-state index contributed by atoms with van der Waals surface area (Å²) in [4.78, 5) is 38.2. The maximum absolute atomic E-state index is 13.1. The van der Waals surface area contributed by atoms with Gasteiger partial charge < -0.3 is 10.4 Å². The van der Waals surface area contributed by atoms with Gasteiger partial charge in [-0.25, -0.2) is 0 Å². The average molecular weight is 481 g/mol. The molecule has 2 N–H and O–H groups in total. The van der Waals surface area contributed by atoms with E-state index in [0.29, 0.717) is 24.0 Å². The third-order valence-corrected chi connectivity index (χ3v) is 6.86. The molecule has 3 rings (SSSR count). The molecule has 1 heterocycles. The molecule has 0 aliphatic carbocycles. The van der Waals surface area contributed by atoms with E-state index in [1.54, 1.807) is 6.07 Å². The number of benzene rings is 2. The summed E-state index contributed by atoms with van der Waals surface area (Å²) in [6.07, 6.45) is 13.9. The Balaban J connectivity index is 1.53. The lowest BCUT2D eigenvalue weighted by Gasteiger charge is -2.28. The smallest absolute Gasteiger partial charge is 0.303 e.